The average Bonchev–Trinajstić information content (AvgIpc) is 2.60. The van der Waals surface area contributed by atoms with Crippen LogP contribution >= 0.6 is 0 Å². The second kappa shape index (κ2) is 11.5. The van der Waals surface area contributed by atoms with Gasteiger partial charge in [-0.05, 0) is 37.5 Å². The van der Waals surface area contributed by atoms with E-state index in [0.29, 0.717) is 12.7 Å². The molecule has 0 heterocycles. The molecule has 0 aromatic heterocycles. The number of hydrogen-bond donors (Lipinski definition) is 1. The maximum atomic E-state index is 10.2. The minimum absolute atomic E-state index is 0.237. The van der Waals surface area contributed by atoms with Crippen LogP contribution in [0.1, 0.15) is 103 Å². The number of aliphatic hydroxyl groups is 1. The van der Waals surface area contributed by atoms with Gasteiger partial charge in [0.15, 0.2) is 0 Å². The van der Waals surface area contributed by atoms with Gasteiger partial charge in [-0.25, -0.2) is 0 Å². The summed E-state index contributed by atoms with van der Waals surface area (Å²) < 4.78 is 5.91. The maximum absolute atomic E-state index is 10.2. The van der Waals surface area contributed by atoms with E-state index in [9.17, 15) is 5.11 Å². The first-order valence-electron chi connectivity index (χ1n) is 10.6. The fraction of sp³-hybridized carbons (Fsp3) is 1.00. The summed E-state index contributed by atoms with van der Waals surface area (Å²) in [4.78, 5) is 0. The lowest BCUT2D eigenvalue weighted by Crippen LogP contribution is -2.24. The Morgan fingerprint density at radius 2 is 1.52 bits per heavy atom. The summed E-state index contributed by atoms with van der Waals surface area (Å²) in [5.74, 6) is 1.86. The lowest BCUT2D eigenvalue weighted by Gasteiger charge is -2.29. The molecule has 0 aliphatic heterocycles. The van der Waals surface area contributed by atoms with E-state index in [1.54, 1.807) is 0 Å². The Kier molecular flexibility index (Phi) is 9.60. The lowest BCUT2D eigenvalue weighted by molar-refractivity contribution is -0.0279. The Hall–Kier alpha value is -0.0800. The van der Waals surface area contributed by atoms with Gasteiger partial charge < -0.3 is 9.84 Å². The van der Waals surface area contributed by atoms with Gasteiger partial charge in [-0.3, -0.25) is 0 Å². The van der Waals surface area contributed by atoms with Crippen LogP contribution in [0.5, 0.6) is 0 Å². The SMILES string of the molecule is CCCCCC1CCC(CCC(O)COC2CCCCC2)CC1. The van der Waals surface area contributed by atoms with E-state index in [-0.39, 0.29) is 6.10 Å². The second-order valence-corrected chi connectivity index (χ2v) is 8.21. The van der Waals surface area contributed by atoms with Crippen LogP contribution in [0.2, 0.25) is 0 Å². The third-order valence-electron chi connectivity index (χ3n) is 6.17. The highest BCUT2D eigenvalue weighted by Gasteiger charge is 2.22. The number of ether oxygens (including phenoxy) is 1. The molecule has 2 aliphatic rings. The zero-order chi connectivity index (χ0) is 16.3. The highest BCUT2D eigenvalue weighted by atomic mass is 16.5. The predicted molar refractivity (Wildman–Crippen MR) is 97.7 cm³/mol. The smallest absolute Gasteiger partial charge is 0.0773 e. The van der Waals surface area contributed by atoms with Crippen molar-refractivity contribution in [2.75, 3.05) is 6.61 Å². The van der Waals surface area contributed by atoms with E-state index in [1.807, 2.05) is 0 Å². The monoisotopic (exact) mass is 324 g/mol. The van der Waals surface area contributed by atoms with E-state index >= 15 is 0 Å². The van der Waals surface area contributed by atoms with Gasteiger partial charge in [0.2, 0.25) is 0 Å². The summed E-state index contributed by atoms with van der Waals surface area (Å²) in [6.07, 6.45) is 20.0. The Bertz CT molecular complexity index is 278. The molecule has 0 radical (unpaired) electrons. The normalized spacial score (nSPS) is 27.9. The van der Waals surface area contributed by atoms with Crippen LogP contribution in [-0.2, 0) is 4.74 Å². The molecule has 0 aromatic carbocycles. The van der Waals surface area contributed by atoms with Gasteiger partial charge in [0.05, 0.1) is 18.8 Å². The van der Waals surface area contributed by atoms with Crippen molar-refractivity contribution in [2.24, 2.45) is 11.8 Å². The Morgan fingerprint density at radius 1 is 0.870 bits per heavy atom. The van der Waals surface area contributed by atoms with Gasteiger partial charge in [0, 0.05) is 0 Å². The Morgan fingerprint density at radius 3 is 2.17 bits per heavy atom. The number of hydrogen-bond acceptors (Lipinski definition) is 2. The summed E-state index contributed by atoms with van der Waals surface area (Å²) in [5, 5.41) is 10.2. The standard InChI is InChI=1S/C21H40O2/c1-2-3-5-8-18-11-13-19(14-12-18)15-16-20(22)17-23-21-9-6-4-7-10-21/h18-22H,2-17H2,1H3. The van der Waals surface area contributed by atoms with E-state index in [4.69, 9.17) is 4.74 Å². The van der Waals surface area contributed by atoms with Crippen LogP contribution in [0.4, 0.5) is 0 Å². The van der Waals surface area contributed by atoms with Crippen LogP contribution < -0.4 is 0 Å². The number of aliphatic hydroxyl groups excluding tert-OH is 1. The zero-order valence-corrected chi connectivity index (χ0v) is 15.5. The summed E-state index contributed by atoms with van der Waals surface area (Å²) >= 11 is 0. The molecule has 0 saturated heterocycles. The minimum Gasteiger partial charge on any atom is -0.391 e. The topological polar surface area (TPSA) is 29.5 Å². The predicted octanol–water partition coefficient (Wildman–Crippen LogP) is 5.86. The molecule has 2 fully saturated rings. The molecule has 0 bridgehead atoms. The first-order chi connectivity index (χ1) is 11.3. The lowest BCUT2D eigenvalue weighted by atomic mass is 9.78. The molecule has 0 aromatic rings. The minimum atomic E-state index is -0.237. The van der Waals surface area contributed by atoms with Gasteiger partial charge in [0.1, 0.15) is 0 Å². The first-order valence-corrected chi connectivity index (χ1v) is 10.6. The van der Waals surface area contributed by atoms with Crippen LogP contribution in [0.25, 0.3) is 0 Å². The summed E-state index contributed by atoms with van der Waals surface area (Å²) in [6.45, 7) is 2.86. The Labute approximate surface area is 144 Å². The van der Waals surface area contributed by atoms with Crippen molar-refractivity contribution in [1.82, 2.24) is 0 Å². The molecule has 136 valence electrons. The highest BCUT2D eigenvalue weighted by Crippen LogP contribution is 2.34. The quantitative estimate of drug-likeness (QED) is 0.510. The van der Waals surface area contributed by atoms with Gasteiger partial charge in [0.25, 0.3) is 0 Å². The van der Waals surface area contributed by atoms with Crippen molar-refractivity contribution in [2.45, 2.75) is 115 Å². The molecule has 1 atom stereocenters. The van der Waals surface area contributed by atoms with Crippen molar-refractivity contribution in [3.8, 4) is 0 Å². The van der Waals surface area contributed by atoms with Crippen LogP contribution in [-0.4, -0.2) is 23.9 Å². The molecule has 2 aliphatic carbocycles. The van der Waals surface area contributed by atoms with Crippen LogP contribution in [0.3, 0.4) is 0 Å². The molecular weight excluding hydrogens is 284 g/mol. The fourth-order valence-electron chi connectivity index (χ4n) is 4.48. The third-order valence-corrected chi connectivity index (χ3v) is 6.17. The molecule has 2 heteroatoms. The molecule has 2 nitrogen and oxygen atoms in total. The summed E-state index contributed by atoms with van der Waals surface area (Å²) in [7, 11) is 0. The maximum Gasteiger partial charge on any atom is 0.0773 e. The fourth-order valence-corrected chi connectivity index (χ4v) is 4.48. The van der Waals surface area contributed by atoms with Crippen molar-refractivity contribution in [1.29, 1.82) is 0 Å². The van der Waals surface area contributed by atoms with Gasteiger partial charge in [-0.1, -0.05) is 77.6 Å². The number of rotatable bonds is 10. The van der Waals surface area contributed by atoms with Crippen LogP contribution in [0.15, 0.2) is 0 Å². The number of unbranched alkanes of at least 4 members (excludes halogenated alkanes) is 2. The van der Waals surface area contributed by atoms with Crippen molar-refractivity contribution in [3.05, 3.63) is 0 Å². The van der Waals surface area contributed by atoms with E-state index in [1.165, 1.54) is 89.9 Å². The van der Waals surface area contributed by atoms with Crippen molar-refractivity contribution < 1.29 is 9.84 Å². The highest BCUT2D eigenvalue weighted by molar-refractivity contribution is 4.74. The third kappa shape index (κ3) is 8.03. The Balaban J connectivity index is 1.49. The molecule has 0 amide bonds. The van der Waals surface area contributed by atoms with Gasteiger partial charge >= 0.3 is 0 Å². The van der Waals surface area contributed by atoms with Crippen molar-refractivity contribution in [3.63, 3.8) is 0 Å². The zero-order valence-electron chi connectivity index (χ0n) is 15.5. The molecular formula is C21H40O2. The summed E-state index contributed by atoms with van der Waals surface area (Å²) in [6, 6.07) is 0. The molecule has 1 unspecified atom stereocenters. The largest absolute Gasteiger partial charge is 0.391 e. The van der Waals surface area contributed by atoms with Crippen molar-refractivity contribution >= 4 is 0 Å². The molecule has 2 rings (SSSR count). The second-order valence-electron chi connectivity index (χ2n) is 8.21. The summed E-state index contributed by atoms with van der Waals surface area (Å²) in [5.41, 5.74) is 0. The molecule has 0 spiro atoms. The van der Waals surface area contributed by atoms with E-state index in [2.05, 4.69) is 6.92 Å². The molecule has 1 N–H and O–H groups in total. The van der Waals surface area contributed by atoms with Crippen LogP contribution in [0, 0.1) is 11.8 Å². The average molecular weight is 325 g/mol. The van der Waals surface area contributed by atoms with Gasteiger partial charge in [-0.2, -0.15) is 0 Å². The first kappa shape index (κ1) is 19.2. The van der Waals surface area contributed by atoms with E-state index in [0.717, 1.165) is 18.3 Å². The van der Waals surface area contributed by atoms with Gasteiger partial charge in [-0.15, -0.1) is 0 Å². The molecule has 2 saturated carbocycles. The molecule has 23 heavy (non-hydrogen) atoms. The van der Waals surface area contributed by atoms with E-state index < -0.39 is 0 Å².